The van der Waals surface area contributed by atoms with E-state index in [0.29, 0.717) is 12.4 Å². The maximum absolute atomic E-state index is 13.0. The van der Waals surface area contributed by atoms with Crippen LogP contribution >= 0.6 is 0 Å². The molecule has 2 aromatic carbocycles. The minimum atomic E-state index is 0.109. The molecule has 4 rings (SSSR count). The quantitative estimate of drug-likeness (QED) is 0.662. The van der Waals surface area contributed by atoms with E-state index >= 15 is 0 Å². The number of aryl methyl sites for hydroxylation is 1. The summed E-state index contributed by atoms with van der Waals surface area (Å²) in [6, 6.07) is 17.5. The summed E-state index contributed by atoms with van der Waals surface area (Å²) < 4.78 is 5.22. The number of amides is 1. The van der Waals surface area contributed by atoms with Crippen LogP contribution in [0.1, 0.15) is 40.4 Å². The second kappa shape index (κ2) is 8.43. The number of hydrogen-bond acceptors (Lipinski definition) is 4. The highest BCUT2D eigenvalue weighted by atomic mass is 16.5. The van der Waals surface area contributed by atoms with E-state index in [2.05, 4.69) is 4.98 Å². The van der Waals surface area contributed by atoms with Crippen LogP contribution in [0.25, 0.3) is 11.4 Å². The number of nitrogens with zero attached hydrogens (tertiary/aromatic N) is 3. The Morgan fingerprint density at radius 1 is 1.10 bits per heavy atom. The Balaban J connectivity index is 1.54. The van der Waals surface area contributed by atoms with Crippen molar-refractivity contribution in [3.8, 4) is 17.1 Å². The third-order valence-corrected chi connectivity index (χ3v) is 5.53. The number of ether oxygens (including phenoxy) is 1. The lowest BCUT2D eigenvalue weighted by Crippen LogP contribution is -2.39. The van der Waals surface area contributed by atoms with Crippen molar-refractivity contribution in [2.75, 3.05) is 20.2 Å². The van der Waals surface area contributed by atoms with Crippen molar-refractivity contribution < 1.29 is 9.53 Å². The zero-order chi connectivity index (χ0) is 20.2. The van der Waals surface area contributed by atoms with Gasteiger partial charge in [0.25, 0.3) is 5.91 Å². The van der Waals surface area contributed by atoms with Gasteiger partial charge in [-0.1, -0.05) is 18.2 Å². The third kappa shape index (κ3) is 4.14. The minimum Gasteiger partial charge on any atom is -0.497 e. The van der Waals surface area contributed by atoms with Crippen molar-refractivity contribution in [1.82, 2.24) is 14.9 Å². The van der Waals surface area contributed by atoms with E-state index in [1.54, 1.807) is 7.11 Å². The summed E-state index contributed by atoms with van der Waals surface area (Å²) in [6.07, 6.45) is 3.81. The summed E-state index contributed by atoms with van der Waals surface area (Å²) in [5.41, 5.74) is 3.75. The molecule has 0 aliphatic carbocycles. The van der Waals surface area contributed by atoms with Gasteiger partial charge in [0.15, 0.2) is 5.82 Å². The number of rotatable bonds is 4. The van der Waals surface area contributed by atoms with E-state index in [9.17, 15) is 4.79 Å². The summed E-state index contributed by atoms with van der Waals surface area (Å²) in [6.45, 7) is 3.46. The van der Waals surface area contributed by atoms with Crippen molar-refractivity contribution in [3.05, 3.63) is 77.6 Å². The second-order valence-corrected chi connectivity index (χ2v) is 7.44. The zero-order valence-electron chi connectivity index (χ0n) is 16.8. The molecule has 0 radical (unpaired) electrons. The van der Waals surface area contributed by atoms with Gasteiger partial charge in [-0.15, -0.1) is 0 Å². The Kier molecular flexibility index (Phi) is 5.56. The molecule has 29 heavy (non-hydrogen) atoms. The largest absolute Gasteiger partial charge is 0.497 e. The number of methoxy groups -OCH3 is 1. The lowest BCUT2D eigenvalue weighted by atomic mass is 9.93. The van der Waals surface area contributed by atoms with Crippen LogP contribution in [0.15, 0.2) is 60.8 Å². The van der Waals surface area contributed by atoms with Gasteiger partial charge < -0.3 is 9.64 Å². The van der Waals surface area contributed by atoms with Crippen LogP contribution in [0.3, 0.4) is 0 Å². The number of hydrogen-bond donors (Lipinski definition) is 0. The summed E-state index contributed by atoms with van der Waals surface area (Å²) in [7, 11) is 1.65. The molecule has 1 unspecified atom stereocenters. The highest BCUT2D eigenvalue weighted by molar-refractivity contribution is 5.95. The molecule has 1 aromatic heterocycles. The Hall–Kier alpha value is -3.21. The van der Waals surface area contributed by atoms with Crippen molar-refractivity contribution in [2.24, 2.45) is 0 Å². The van der Waals surface area contributed by atoms with Crippen LogP contribution in [0, 0.1) is 6.92 Å². The van der Waals surface area contributed by atoms with Crippen molar-refractivity contribution in [1.29, 1.82) is 0 Å². The molecule has 1 aliphatic rings. The molecule has 0 bridgehead atoms. The van der Waals surface area contributed by atoms with E-state index in [1.165, 1.54) is 0 Å². The molecule has 1 saturated heterocycles. The molecule has 3 aromatic rings. The molecule has 5 nitrogen and oxygen atoms in total. The van der Waals surface area contributed by atoms with Crippen LogP contribution in [0.4, 0.5) is 0 Å². The molecular formula is C24H25N3O2. The average molecular weight is 387 g/mol. The first-order valence-electron chi connectivity index (χ1n) is 9.98. The molecule has 0 saturated carbocycles. The molecule has 1 fully saturated rings. The number of carbonyl (C=O) groups excluding carboxylic acids is 1. The van der Waals surface area contributed by atoms with E-state index in [1.807, 2.05) is 72.6 Å². The first kappa shape index (κ1) is 19.1. The predicted octanol–water partition coefficient (Wildman–Crippen LogP) is 4.48. The van der Waals surface area contributed by atoms with Crippen LogP contribution < -0.4 is 4.74 Å². The molecule has 0 spiro atoms. The summed E-state index contributed by atoms with van der Waals surface area (Å²) >= 11 is 0. The molecule has 1 atom stereocenters. The van der Waals surface area contributed by atoms with Gasteiger partial charge in [0.2, 0.25) is 0 Å². The predicted molar refractivity (Wildman–Crippen MR) is 113 cm³/mol. The lowest BCUT2D eigenvalue weighted by molar-refractivity contribution is 0.0705. The van der Waals surface area contributed by atoms with Crippen molar-refractivity contribution in [2.45, 2.75) is 25.7 Å². The van der Waals surface area contributed by atoms with E-state index < -0.39 is 0 Å². The van der Waals surface area contributed by atoms with Crippen LogP contribution in [0.2, 0.25) is 0 Å². The fourth-order valence-electron chi connectivity index (χ4n) is 3.87. The van der Waals surface area contributed by atoms with Crippen molar-refractivity contribution in [3.63, 3.8) is 0 Å². The Labute approximate surface area is 171 Å². The maximum Gasteiger partial charge on any atom is 0.254 e. The van der Waals surface area contributed by atoms with Gasteiger partial charge in [0.1, 0.15) is 5.75 Å². The van der Waals surface area contributed by atoms with E-state index in [0.717, 1.165) is 47.5 Å². The summed E-state index contributed by atoms with van der Waals surface area (Å²) in [4.78, 5) is 24.2. The molecule has 1 aliphatic heterocycles. The minimum absolute atomic E-state index is 0.109. The molecule has 1 amide bonds. The topological polar surface area (TPSA) is 55.3 Å². The Morgan fingerprint density at radius 2 is 1.90 bits per heavy atom. The van der Waals surface area contributed by atoms with Gasteiger partial charge in [-0.25, -0.2) is 9.97 Å². The van der Waals surface area contributed by atoms with Gasteiger partial charge in [-0.3, -0.25) is 4.79 Å². The number of benzene rings is 2. The first-order chi connectivity index (χ1) is 14.2. The van der Waals surface area contributed by atoms with Crippen LogP contribution in [0.5, 0.6) is 5.75 Å². The third-order valence-electron chi connectivity index (χ3n) is 5.53. The standard InChI is InChI=1S/C24H25N3O2/c1-17-6-3-4-8-21(17)24(28)27-15-5-7-19(16-27)22-13-14-25-23(26-22)18-9-11-20(29-2)12-10-18/h3-4,6,8-14,19H,5,7,15-16H2,1-2H3. The number of likely N-dealkylation sites (tertiary alicyclic amines) is 1. The molecular weight excluding hydrogens is 362 g/mol. The fraction of sp³-hybridized carbons (Fsp3) is 0.292. The van der Waals surface area contributed by atoms with Crippen molar-refractivity contribution >= 4 is 5.91 Å². The average Bonchev–Trinajstić information content (AvgIpc) is 2.79. The summed E-state index contributed by atoms with van der Waals surface area (Å²) in [5.74, 6) is 1.84. The smallest absolute Gasteiger partial charge is 0.254 e. The number of aromatic nitrogens is 2. The molecule has 0 N–H and O–H groups in total. The van der Waals surface area contributed by atoms with Gasteiger partial charge in [-0.05, 0) is 61.7 Å². The van der Waals surface area contributed by atoms with Gasteiger partial charge >= 0.3 is 0 Å². The summed E-state index contributed by atoms with van der Waals surface area (Å²) in [5, 5.41) is 0. The highest BCUT2D eigenvalue weighted by Crippen LogP contribution is 2.28. The van der Waals surface area contributed by atoms with Gasteiger partial charge in [0, 0.05) is 42.0 Å². The van der Waals surface area contributed by atoms with E-state index in [4.69, 9.17) is 9.72 Å². The van der Waals surface area contributed by atoms with E-state index in [-0.39, 0.29) is 11.8 Å². The second-order valence-electron chi connectivity index (χ2n) is 7.44. The number of piperidine rings is 1. The highest BCUT2D eigenvalue weighted by Gasteiger charge is 2.27. The van der Waals surface area contributed by atoms with Crippen LogP contribution in [-0.4, -0.2) is 41.0 Å². The Bertz CT molecular complexity index is 1000. The Morgan fingerprint density at radius 3 is 2.66 bits per heavy atom. The maximum atomic E-state index is 13.0. The lowest BCUT2D eigenvalue weighted by Gasteiger charge is -2.33. The molecule has 148 valence electrons. The fourth-order valence-corrected chi connectivity index (χ4v) is 3.87. The first-order valence-corrected chi connectivity index (χ1v) is 9.98. The van der Waals surface area contributed by atoms with Gasteiger partial charge in [-0.2, -0.15) is 0 Å². The molecule has 2 heterocycles. The SMILES string of the molecule is COc1ccc(-c2nccc(C3CCCN(C(=O)c4ccccc4C)C3)n2)cc1. The van der Waals surface area contributed by atoms with Gasteiger partial charge in [0.05, 0.1) is 7.11 Å². The zero-order valence-corrected chi connectivity index (χ0v) is 16.8. The normalized spacial score (nSPS) is 16.5. The number of carbonyl (C=O) groups is 1. The monoisotopic (exact) mass is 387 g/mol. The van der Waals surface area contributed by atoms with Crippen LogP contribution in [-0.2, 0) is 0 Å². The molecule has 5 heteroatoms.